The predicted octanol–water partition coefficient (Wildman–Crippen LogP) is 4.34. The third kappa shape index (κ3) is 4.35. The molecule has 0 fully saturated rings. The van der Waals surface area contributed by atoms with Crippen molar-refractivity contribution in [1.82, 2.24) is 0 Å². The highest BCUT2D eigenvalue weighted by Crippen LogP contribution is 2.23. The van der Waals surface area contributed by atoms with Crippen LogP contribution in [0.15, 0.2) is 48.5 Å². The first kappa shape index (κ1) is 14.0. The van der Waals surface area contributed by atoms with Crippen LogP contribution in [0.4, 0.5) is 18.9 Å². The van der Waals surface area contributed by atoms with Crippen molar-refractivity contribution in [2.75, 3.05) is 5.73 Å². The van der Waals surface area contributed by atoms with Crippen LogP contribution < -0.4 is 10.5 Å². The van der Waals surface area contributed by atoms with E-state index in [2.05, 4.69) is 4.74 Å². The lowest BCUT2D eigenvalue weighted by atomic mass is 10.1. The van der Waals surface area contributed by atoms with E-state index in [0.29, 0.717) is 5.69 Å². The van der Waals surface area contributed by atoms with Gasteiger partial charge in [-0.2, -0.15) is 0 Å². The minimum atomic E-state index is -4.67. The fraction of sp³-hybridized carbons (Fsp3) is 0.0667. The number of benzene rings is 2. The van der Waals surface area contributed by atoms with Gasteiger partial charge in [-0.1, -0.05) is 36.4 Å². The molecule has 0 aromatic heterocycles. The van der Waals surface area contributed by atoms with Crippen LogP contribution in [-0.2, 0) is 0 Å². The number of nitrogens with two attached hydrogens (primary N) is 1. The van der Waals surface area contributed by atoms with Crippen molar-refractivity contribution in [1.29, 1.82) is 0 Å². The zero-order valence-corrected chi connectivity index (χ0v) is 10.4. The van der Waals surface area contributed by atoms with Gasteiger partial charge in [-0.25, -0.2) is 0 Å². The maximum Gasteiger partial charge on any atom is 0.573 e. The van der Waals surface area contributed by atoms with Crippen LogP contribution in [0, 0.1) is 0 Å². The molecule has 0 unspecified atom stereocenters. The van der Waals surface area contributed by atoms with E-state index in [9.17, 15) is 13.2 Å². The standard InChI is InChI=1S/C15H12F3NO/c16-15(17,18)20-14-9-5-12(6-10-14)2-1-11-3-7-13(19)8-4-11/h1-10H,19H2/b2-1+. The van der Waals surface area contributed by atoms with Crippen molar-refractivity contribution in [3.05, 3.63) is 59.7 Å². The Labute approximate surface area is 114 Å². The van der Waals surface area contributed by atoms with Crippen molar-refractivity contribution in [3.63, 3.8) is 0 Å². The minimum absolute atomic E-state index is 0.234. The lowest BCUT2D eigenvalue weighted by Gasteiger charge is -2.08. The first-order valence-corrected chi connectivity index (χ1v) is 5.82. The van der Waals surface area contributed by atoms with Gasteiger partial charge in [0.2, 0.25) is 0 Å². The molecule has 20 heavy (non-hydrogen) atoms. The second-order valence-electron chi connectivity index (χ2n) is 4.12. The van der Waals surface area contributed by atoms with Crippen molar-refractivity contribution in [2.45, 2.75) is 6.36 Å². The maximum atomic E-state index is 12.0. The molecule has 0 radical (unpaired) electrons. The fourth-order valence-corrected chi connectivity index (χ4v) is 1.58. The summed E-state index contributed by atoms with van der Waals surface area (Å²) in [5.74, 6) is -0.234. The average molecular weight is 279 g/mol. The zero-order valence-electron chi connectivity index (χ0n) is 10.4. The Morgan fingerprint density at radius 3 is 1.70 bits per heavy atom. The molecule has 0 heterocycles. The van der Waals surface area contributed by atoms with Crippen LogP contribution in [0.5, 0.6) is 5.75 Å². The van der Waals surface area contributed by atoms with Crippen molar-refractivity contribution in [3.8, 4) is 5.75 Å². The minimum Gasteiger partial charge on any atom is -0.406 e. The van der Waals surface area contributed by atoms with Gasteiger partial charge in [0, 0.05) is 5.69 Å². The number of hydrogen-bond acceptors (Lipinski definition) is 2. The summed E-state index contributed by atoms with van der Waals surface area (Å²) in [6.45, 7) is 0. The Hall–Kier alpha value is -2.43. The summed E-state index contributed by atoms with van der Waals surface area (Å²) < 4.78 is 39.8. The highest BCUT2D eigenvalue weighted by atomic mass is 19.4. The molecule has 0 bridgehead atoms. The summed E-state index contributed by atoms with van der Waals surface area (Å²) >= 11 is 0. The third-order valence-corrected chi connectivity index (χ3v) is 2.52. The molecule has 0 amide bonds. The summed E-state index contributed by atoms with van der Waals surface area (Å²) in [5.41, 5.74) is 7.98. The van der Waals surface area contributed by atoms with Crippen LogP contribution >= 0.6 is 0 Å². The molecule has 0 saturated heterocycles. The van der Waals surface area contributed by atoms with Gasteiger partial charge in [0.05, 0.1) is 0 Å². The van der Waals surface area contributed by atoms with E-state index < -0.39 is 6.36 Å². The number of anilines is 1. The highest BCUT2D eigenvalue weighted by Gasteiger charge is 2.30. The summed E-state index contributed by atoms with van der Waals surface area (Å²) in [7, 11) is 0. The first-order chi connectivity index (χ1) is 9.42. The monoisotopic (exact) mass is 279 g/mol. The molecule has 2 rings (SSSR count). The molecule has 0 atom stereocenters. The van der Waals surface area contributed by atoms with Crippen molar-refractivity contribution < 1.29 is 17.9 Å². The highest BCUT2D eigenvalue weighted by molar-refractivity contribution is 5.70. The van der Waals surface area contributed by atoms with Gasteiger partial charge in [0.1, 0.15) is 5.75 Å². The lowest BCUT2D eigenvalue weighted by Crippen LogP contribution is -2.16. The Morgan fingerprint density at radius 2 is 1.25 bits per heavy atom. The van der Waals surface area contributed by atoms with Gasteiger partial charge in [-0.15, -0.1) is 13.2 Å². The summed E-state index contributed by atoms with van der Waals surface area (Å²) in [5, 5.41) is 0. The Kier molecular flexibility index (Phi) is 3.98. The Balaban J connectivity index is 2.05. The molecule has 0 spiro atoms. The first-order valence-electron chi connectivity index (χ1n) is 5.82. The lowest BCUT2D eigenvalue weighted by molar-refractivity contribution is -0.274. The number of rotatable bonds is 3. The molecule has 0 aliphatic heterocycles. The second-order valence-corrected chi connectivity index (χ2v) is 4.12. The van der Waals surface area contributed by atoms with Gasteiger partial charge in [-0.05, 0) is 35.4 Å². The Morgan fingerprint density at radius 1 is 0.800 bits per heavy atom. The fourth-order valence-electron chi connectivity index (χ4n) is 1.58. The van der Waals surface area contributed by atoms with E-state index in [1.165, 1.54) is 12.1 Å². The average Bonchev–Trinajstić information content (AvgIpc) is 2.38. The topological polar surface area (TPSA) is 35.2 Å². The number of ether oxygens (including phenoxy) is 1. The largest absolute Gasteiger partial charge is 0.573 e. The SMILES string of the molecule is Nc1ccc(/C=C/c2ccc(OC(F)(F)F)cc2)cc1. The van der Waals surface area contributed by atoms with Crippen molar-refractivity contribution in [2.24, 2.45) is 0 Å². The number of halogens is 3. The predicted molar refractivity (Wildman–Crippen MR) is 72.9 cm³/mol. The molecule has 2 aromatic carbocycles. The zero-order chi connectivity index (χ0) is 14.6. The van der Waals surface area contributed by atoms with E-state index in [1.807, 2.05) is 18.2 Å². The second kappa shape index (κ2) is 5.69. The van der Waals surface area contributed by atoms with E-state index >= 15 is 0 Å². The van der Waals surface area contributed by atoms with Crippen LogP contribution in [0.1, 0.15) is 11.1 Å². The molecule has 0 aliphatic rings. The maximum absolute atomic E-state index is 12.0. The van der Waals surface area contributed by atoms with Gasteiger partial charge in [0.25, 0.3) is 0 Å². The number of hydrogen-bond donors (Lipinski definition) is 1. The number of alkyl halides is 3. The van der Waals surface area contributed by atoms with Crippen LogP contribution in [0.25, 0.3) is 12.2 Å². The van der Waals surface area contributed by atoms with Crippen LogP contribution in [-0.4, -0.2) is 6.36 Å². The van der Waals surface area contributed by atoms with Crippen LogP contribution in [0.2, 0.25) is 0 Å². The van der Waals surface area contributed by atoms with E-state index in [0.717, 1.165) is 11.1 Å². The van der Waals surface area contributed by atoms with Gasteiger partial charge < -0.3 is 10.5 Å². The Bertz CT molecular complexity index is 586. The molecule has 5 heteroatoms. The summed E-state index contributed by atoms with van der Waals surface area (Å²) in [6, 6.07) is 12.9. The molecule has 0 aliphatic carbocycles. The summed E-state index contributed by atoms with van der Waals surface area (Å²) in [6.07, 6.45) is -1.02. The number of nitrogen functional groups attached to an aromatic ring is 1. The molecule has 2 aromatic rings. The van der Waals surface area contributed by atoms with Gasteiger partial charge in [-0.3, -0.25) is 0 Å². The normalized spacial score (nSPS) is 11.8. The smallest absolute Gasteiger partial charge is 0.406 e. The molecular formula is C15H12F3NO. The molecule has 104 valence electrons. The molecular weight excluding hydrogens is 267 g/mol. The van der Waals surface area contributed by atoms with Gasteiger partial charge >= 0.3 is 6.36 Å². The van der Waals surface area contributed by atoms with Crippen LogP contribution in [0.3, 0.4) is 0 Å². The van der Waals surface area contributed by atoms with Gasteiger partial charge in [0.15, 0.2) is 0 Å². The third-order valence-electron chi connectivity index (χ3n) is 2.52. The molecule has 2 nitrogen and oxygen atoms in total. The quantitative estimate of drug-likeness (QED) is 0.670. The molecule has 0 saturated carbocycles. The summed E-state index contributed by atoms with van der Waals surface area (Å²) in [4.78, 5) is 0. The van der Waals surface area contributed by atoms with Crippen molar-refractivity contribution >= 4 is 17.8 Å². The molecule has 2 N–H and O–H groups in total. The van der Waals surface area contributed by atoms with E-state index in [1.54, 1.807) is 30.3 Å². The van der Waals surface area contributed by atoms with E-state index in [-0.39, 0.29) is 5.75 Å². The van der Waals surface area contributed by atoms with E-state index in [4.69, 9.17) is 5.73 Å².